The van der Waals surface area contributed by atoms with Crippen molar-refractivity contribution in [2.24, 2.45) is 11.7 Å². The van der Waals surface area contributed by atoms with Crippen molar-refractivity contribution in [2.45, 2.75) is 13.0 Å². The monoisotopic (exact) mass is 270 g/mol. The maximum atomic E-state index is 11.9. The van der Waals surface area contributed by atoms with Crippen LogP contribution < -0.4 is 10.6 Å². The molecule has 3 rings (SSSR count). The minimum absolute atomic E-state index is 0.169. The first-order chi connectivity index (χ1) is 9.76. The summed E-state index contributed by atoms with van der Waals surface area (Å²) in [5, 5.41) is 0. The first-order valence-corrected chi connectivity index (χ1v) is 6.81. The number of aromatic nitrogens is 2. The third kappa shape index (κ3) is 2.58. The number of carbonyl (C=O) groups is 1. The molecule has 1 aliphatic rings. The molecule has 0 spiro atoms. The fourth-order valence-electron chi connectivity index (χ4n) is 2.56. The average molecular weight is 270 g/mol. The van der Waals surface area contributed by atoms with Gasteiger partial charge in [0.05, 0.1) is 6.33 Å². The molecule has 0 saturated carbocycles. The standard InChI is InChI=1S/C15H18N4O/c16-8-13-7-15(20)19(10-13)14-3-1-12(2-4-14)9-18-6-5-17-11-18/h1-6,11,13H,7-10,16H2. The normalized spacial score (nSPS) is 18.8. The lowest BCUT2D eigenvalue weighted by atomic mass is 10.1. The number of nitrogens with two attached hydrogens (primary N) is 1. The number of imidazole rings is 1. The summed E-state index contributed by atoms with van der Waals surface area (Å²) in [7, 11) is 0. The van der Waals surface area contributed by atoms with E-state index in [1.165, 1.54) is 5.56 Å². The number of amides is 1. The second kappa shape index (κ2) is 5.46. The van der Waals surface area contributed by atoms with Crippen LogP contribution in [0.1, 0.15) is 12.0 Å². The van der Waals surface area contributed by atoms with E-state index in [4.69, 9.17) is 5.73 Å². The Balaban J connectivity index is 1.71. The molecule has 0 radical (unpaired) electrons. The van der Waals surface area contributed by atoms with Crippen LogP contribution in [0.15, 0.2) is 43.0 Å². The van der Waals surface area contributed by atoms with Gasteiger partial charge in [-0.1, -0.05) is 12.1 Å². The van der Waals surface area contributed by atoms with E-state index < -0.39 is 0 Å². The summed E-state index contributed by atoms with van der Waals surface area (Å²) in [5.41, 5.74) is 7.80. The highest BCUT2D eigenvalue weighted by molar-refractivity contribution is 5.95. The summed E-state index contributed by atoms with van der Waals surface area (Å²) in [4.78, 5) is 17.8. The molecule has 5 nitrogen and oxygen atoms in total. The van der Waals surface area contributed by atoms with E-state index in [0.717, 1.165) is 18.8 Å². The zero-order chi connectivity index (χ0) is 13.9. The minimum atomic E-state index is 0.169. The molecule has 0 bridgehead atoms. The van der Waals surface area contributed by atoms with Crippen molar-refractivity contribution in [1.29, 1.82) is 0 Å². The van der Waals surface area contributed by atoms with Gasteiger partial charge in [0, 0.05) is 37.6 Å². The van der Waals surface area contributed by atoms with E-state index in [9.17, 15) is 4.79 Å². The summed E-state index contributed by atoms with van der Waals surface area (Å²) in [6.45, 7) is 2.09. The smallest absolute Gasteiger partial charge is 0.227 e. The molecule has 5 heteroatoms. The number of rotatable bonds is 4. The molecule has 1 atom stereocenters. The number of benzene rings is 1. The molecule has 1 fully saturated rings. The summed E-state index contributed by atoms with van der Waals surface area (Å²) in [6.07, 6.45) is 6.06. The quantitative estimate of drug-likeness (QED) is 0.909. The fraction of sp³-hybridized carbons (Fsp3) is 0.333. The Morgan fingerprint density at radius 2 is 2.10 bits per heavy atom. The van der Waals surface area contributed by atoms with E-state index in [1.54, 1.807) is 12.5 Å². The predicted octanol–water partition coefficient (Wildman–Crippen LogP) is 1.24. The van der Waals surface area contributed by atoms with Crippen molar-refractivity contribution >= 4 is 11.6 Å². The SMILES string of the molecule is NCC1CC(=O)N(c2ccc(Cn3ccnc3)cc2)C1. The Kier molecular flexibility index (Phi) is 3.52. The van der Waals surface area contributed by atoms with Crippen LogP contribution in [0.25, 0.3) is 0 Å². The van der Waals surface area contributed by atoms with Gasteiger partial charge >= 0.3 is 0 Å². The predicted molar refractivity (Wildman–Crippen MR) is 77.3 cm³/mol. The first-order valence-electron chi connectivity index (χ1n) is 6.81. The number of hydrogen-bond acceptors (Lipinski definition) is 3. The zero-order valence-electron chi connectivity index (χ0n) is 11.3. The molecule has 2 heterocycles. The molecular formula is C15H18N4O. The van der Waals surface area contributed by atoms with Crippen LogP contribution in [0.2, 0.25) is 0 Å². The van der Waals surface area contributed by atoms with Gasteiger partial charge in [-0.2, -0.15) is 0 Å². The third-order valence-corrected chi connectivity index (χ3v) is 3.71. The Labute approximate surface area is 118 Å². The summed E-state index contributed by atoms with van der Waals surface area (Å²) in [6, 6.07) is 8.11. The van der Waals surface area contributed by atoms with Crippen molar-refractivity contribution in [1.82, 2.24) is 9.55 Å². The van der Waals surface area contributed by atoms with Crippen molar-refractivity contribution in [3.63, 3.8) is 0 Å². The molecule has 1 unspecified atom stereocenters. The van der Waals surface area contributed by atoms with Gasteiger partial charge in [0.1, 0.15) is 0 Å². The zero-order valence-corrected chi connectivity index (χ0v) is 11.3. The summed E-state index contributed by atoms with van der Waals surface area (Å²) in [5.74, 6) is 0.455. The van der Waals surface area contributed by atoms with E-state index in [2.05, 4.69) is 17.1 Å². The second-order valence-electron chi connectivity index (χ2n) is 5.21. The molecule has 1 aromatic heterocycles. The molecule has 2 N–H and O–H groups in total. The highest BCUT2D eigenvalue weighted by atomic mass is 16.2. The molecular weight excluding hydrogens is 252 g/mol. The van der Waals surface area contributed by atoms with Gasteiger partial charge in [-0.05, 0) is 30.2 Å². The summed E-state index contributed by atoms with van der Waals surface area (Å²) >= 11 is 0. The lowest BCUT2D eigenvalue weighted by Gasteiger charge is -2.17. The van der Waals surface area contributed by atoms with Crippen LogP contribution in [0.4, 0.5) is 5.69 Å². The van der Waals surface area contributed by atoms with Crippen LogP contribution >= 0.6 is 0 Å². The molecule has 2 aromatic rings. The first kappa shape index (κ1) is 12.9. The highest BCUT2D eigenvalue weighted by Gasteiger charge is 2.29. The second-order valence-corrected chi connectivity index (χ2v) is 5.21. The maximum absolute atomic E-state index is 11.9. The Morgan fingerprint density at radius 1 is 1.30 bits per heavy atom. The van der Waals surface area contributed by atoms with E-state index in [-0.39, 0.29) is 11.8 Å². The molecule has 1 aromatic carbocycles. The van der Waals surface area contributed by atoms with Crippen molar-refractivity contribution in [2.75, 3.05) is 18.0 Å². The number of nitrogens with zero attached hydrogens (tertiary/aromatic N) is 3. The summed E-state index contributed by atoms with van der Waals surface area (Å²) < 4.78 is 2.01. The van der Waals surface area contributed by atoms with Crippen molar-refractivity contribution in [3.8, 4) is 0 Å². The van der Waals surface area contributed by atoms with Gasteiger partial charge in [0.15, 0.2) is 0 Å². The van der Waals surface area contributed by atoms with Crippen molar-refractivity contribution in [3.05, 3.63) is 48.5 Å². The van der Waals surface area contributed by atoms with Gasteiger partial charge in [-0.3, -0.25) is 4.79 Å². The molecule has 1 saturated heterocycles. The number of carbonyl (C=O) groups excluding carboxylic acids is 1. The minimum Gasteiger partial charge on any atom is -0.333 e. The van der Waals surface area contributed by atoms with Gasteiger partial charge in [-0.25, -0.2) is 4.98 Å². The Hall–Kier alpha value is -2.14. The topological polar surface area (TPSA) is 64.2 Å². The van der Waals surface area contributed by atoms with Crippen LogP contribution in [-0.4, -0.2) is 28.5 Å². The third-order valence-electron chi connectivity index (χ3n) is 3.71. The average Bonchev–Trinajstić information content (AvgIpc) is 3.09. The van der Waals surface area contributed by atoms with Gasteiger partial charge in [0.25, 0.3) is 0 Å². The van der Waals surface area contributed by atoms with Gasteiger partial charge in [-0.15, -0.1) is 0 Å². The fourth-order valence-corrected chi connectivity index (χ4v) is 2.56. The molecule has 104 valence electrons. The largest absolute Gasteiger partial charge is 0.333 e. The Bertz CT molecular complexity index is 576. The molecule has 0 aliphatic carbocycles. The lowest BCUT2D eigenvalue weighted by molar-refractivity contribution is -0.117. The highest BCUT2D eigenvalue weighted by Crippen LogP contribution is 2.24. The van der Waals surface area contributed by atoms with Crippen LogP contribution in [0.5, 0.6) is 0 Å². The van der Waals surface area contributed by atoms with E-state index in [0.29, 0.717) is 13.0 Å². The molecule has 20 heavy (non-hydrogen) atoms. The Morgan fingerprint density at radius 3 is 2.70 bits per heavy atom. The lowest BCUT2D eigenvalue weighted by Crippen LogP contribution is -2.25. The van der Waals surface area contributed by atoms with E-state index in [1.807, 2.05) is 27.8 Å². The van der Waals surface area contributed by atoms with Crippen LogP contribution in [0, 0.1) is 5.92 Å². The van der Waals surface area contributed by atoms with Gasteiger partial charge < -0.3 is 15.2 Å². The van der Waals surface area contributed by atoms with Crippen molar-refractivity contribution < 1.29 is 4.79 Å². The van der Waals surface area contributed by atoms with Crippen LogP contribution in [-0.2, 0) is 11.3 Å². The molecule has 1 aliphatic heterocycles. The molecule has 1 amide bonds. The maximum Gasteiger partial charge on any atom is 0.227 e. The van der Waals surface area contributed by atoms with Gasteiger partial charge in [0.2, 0.25) is 5.91 Å². The van der Waals surface area contributed by atoms with Crippen LogP contribution in [0.3, 0.4) is 0 Å². The number of hydrogen-bond donors (Lipinski definition) is 1. The number of anilines is 1. The van der Waals surface area contributed by atoms with E-state index >= 15 is 0 Å².